The number of hydrogen-bond donors (Lipinski definition) is 0. The van der Waals surface area contributed by atoms with Crippen molar-refractivity contribution in [3.63, 3.8) is 0 Å². The van der Waals surface area contributed by atoms with Crippen LogP contribution < -0.4 is 4.74 Å². The first-order chi connectivity index (χ1) is 9.58. The fraction of sp³-hybridized carbons (Fsp3) is 0.118. The van der Waals surface area contributed by atoms with Gasteiger partial charge in [0, 0.05) is 4.47 Å². The molecule has 0 radical (unpaired) electrons. The first-order valence-electron chi connectivity index (χ1n) is 6.36. The van der Waals surface area contributed by atoms with Gasteiger partial charge in [0.15, 0.2) is 5.60 Å². The van der Waals surface area contributed by atoms with Crippen LogP contribution in [-0.2, 0) is 0 Å². The second-order valence-electron chi connectivity index (χ2n) is 4.92. The molecule has 2 aromatic carbocycles. The average Bonchev–Trinajstić information content (AvgIpc) is 2.69. The lowest BCUT2D eigenvalue weighted by atomic mass is 9.96. The molecule has 2 nitrogen and oxygen atoms in total. The van der Waals surface area contributed by atoms with Crippen molar-refractivity contribution in [2.45, 2.75) is 12.5 Å². The van der Waals surface area contributed by atoms with Gasteiger partial charge in [0.2, 0.25) is 5.78 Å². The smallest absolute Gasteiger partial charge is 0.213 e. The molecule has 0 fully saturated rings. The summed E-state index contributed by atoms with van der Waals surface area (Å²) in [6, 6.07) is 15.3. The van der Waals surface area contributed by atoms with Gasteiger partial charge in [0.1, 0.15) is 5.75 Å². The molecule has 0 bridgehead atoms. The Kier molecular flexibility index (Phi) is 3.22. The van der Waals surface area contributed by atoms with E-state index in [0.717, 1.165) is 10.0 Å². The minimum atomic E-state index is -0.932. The van der Waals surface area contributed by atoms with Crippen molar-refractivity contribution in [2.75, 3.05) is 0 Å². The van der Waals surface area contributed by atoms with E-state index in [-0.39, 0.29) is 5.78 Å². The fourth-order valence-corrected chi connectivity index (χ4v) is 2.58. The Bertz CT molecular complexity index is 691. The molecule has 1 aliphatic heterocycles. The number of hydrogen-bond acceptors (Lipinski definition) is 2. The fourth-order valence-electron chi connectivity index (χ4n) is 2.24. The van der Waals surface area contributed by atoms with E-state index in [2.05, 4.69) is 15.9 Å². The number of benzene rings is 2. The van der Waals surface area contributed by atoms with Crippen LogP contribution in [0, 0.1) is 0 Å². The lowest BCUT2D eigenvalue weighted by Gasteiger charge is -2.17. The van der Waals surface area contributed by atoms with Crippen LogP contribution in [0.15, 0.2) is 59.1 Å². The van der Waals surface area contributed by atoms with Crippen LogP contribution >= 0.6 is 15.9 Å². The topological polar surface area (TPSA) is 26.3 Å². The van der Waals surface area contributed by atoms with E-state index < -0.39 is 5.60 Å². The molecule has 0 aliphatic carbocycles. The van der Waals surface area contributed by atoms with Gasteiger partial charge in [-0.2, -0.15) is 0 Å². The van der Waals surface area contributed by atoms with Gasteiger partial charge in [-0.25, -0.2) is 0 Å². The molecule has 0 saturated carbocycles. The highest BCUT2D eigenvalue weighted by Crippen LogP contribution is 2.37. The summed E-state index contributed by atoms with van der Waals surface area (Å²) < 4.78 is 6.75. The number of ketones is 1. The van der Waals surface area contributed by atoms with Crippen molar-refractivity contribution < 1.29 is 9.53 Å². The summed E-state index contributed by atoms with van der Waals surface area (Å²) in [6.45, 7) is 1.79. The molecule has 20 heavy (non-hydrogen) atoms. The largest absolute Gasteiger partial charge is 0.474 e. The molecule has 0 N–H and O–H groups in total. The van der Waals surface area contributed by atoms with Gasteiger partial charge in [0.25, 0.3) is 0 Å². The van der Waals surface area contributed by atoms with Crippen LogP contribution in [0.4, 0.5) is 0 Å². The normalized spacial score (nSPS) is 21.0. The highest BCUT2D eigenvalue weighted by molar-refractivity contribution is 9.10. The maximum atomic E-state index is 12.5. The highest BCUT2D eigenvalue weighted by atomic mass is 79.9. The zero-order chi connectivity index (χ0) is 14.2. The molecule has 1 atom stereocenters. The molecule has 2 aromatic rings. The molecule has 0 amide bonds. The average molecular weight is 329 g/mol. The maximum absolute atomic E-state index is 12.5. The molecule has 0 saturated heterocycles. The van der Waals surface area contributed by atoms with Gasteiger partial charge in [-0.1, -0.05) is 52.3 Å². The highest BCUT2D eigenvalue weighted by Gasteiger charge is 2.41. The number of carbonyl (C=O) groups excluding carboxylic acids is 1. The minimum Gasteiger partial charge on any atom is -0.474 e. The maximum Gasteiger partial charge on any atom is 0.213 e. The number of fused-ring (bicyclic) bond motifs is 1. The Morgan fingerprint density at radius 1 is 1.15 bits per heavy atom. The van der Waals surface area contributed by atoms with Crippen LogP contribution in [0.3, 0.4) is 0 Å². The standard InChI is InChI=1S/C17H13BrO2/c1-17(10-9-12-5-3-2-4-6-12)16(19)14-8-7-13(18)11-15(14)20-17/h2-11H,1H3/b10-9+/t17-/m0/s1. The van der Waals surface area contributed by atoms with Crippen LogP contribution in [0.1, 0.15) is 22.8 Å². The second kappa shape index (κ2) is 4.91. The summed E-state index contributed by atoms with van der Waals surface area (Å²) in [6.07, 6.45) is 3.73. The second-order valence-corrected chi connectivity index (χ2v) is 5.84. The van der Waals surface area contributed by atoms with E-state index in [9.17, 15) is 4.79 Å². The molecule has 0 aromatic heterocycles. The zero-order valence-electron chi connectivity index (χ0n) is 11.0. The lowest BCUT2D eigenvalue weighted by molar-refractivity contribution is 0.0757. The van der Waals surface area contributed by atoms with Crippen molar-refractivity contribution in [3.8, 4) is 5.75 Å². The van der Waals surface area contributed by atoms with Crippen LogP contribution in [0.2, 0.25) is 0 Å². The predicted molar refractivity (Wildman–Crippen MR) is 83.0 cm³/mol. The Labute approximate surface area is 126 Å². The van der Waals surface area contributed by atoms with Gasteiger partial charge in [-0.05, 0) is 36.8 Å². The summed E-state index contributed by atoms with van der Waals surface area (Å²) in [4.78, 5) is 12.5. The van der Waals surface area contributed by atoms with Crippen LogP contribution in [0.5, 0.6) is 5.75 Å². The Morgan fingerprint density at radius 2 is 1.90 bits per heavy atom. The van der Waals surface area contributed by atoms with Crippen molar-refractivity contribution in [3.05, 3.63) is 70.2 Å². The summed E-state index contributed by atoms with van der Waals surface area (Å²) in [5, 5.41) is 0. The Balaban J connectivity index is 1.92. The van der Waals surface area contributed by atoms with E-state index in [4.69, 9.17) is 4.74 Å². The first-order valence-corrected chi connectivity index (χ1v) is 7.15. The van der Waals surface area contributed by atoms with E-state index in [1.807, 2.05) is 54.6 Å². The molecule has 1 heterocycles. The van der Waals surface area contributed by atoms with Gasteiger partial charge in [-0.3, -0.25) is 4.79 Å². The van der Waals surface area contributed by atoms with Crippen LogP contribution in [0.25, 0.3) is 6.08 Å². The molecule has 3 heteroatoms. The molecule has 1 aliphatic rings. The summed E-state index contributed by atoms with van der Waals surface area (Å²) >= 11 is 3.39. The summed E-state index contributed by atoms with van der Waals surface area (Å²) in [5.74, 6) is 0.622. The number of Topliss-reactive ketones (excluding diaryl/α,β-unsaturated/α-hetero) is 1. The molecule has 0 spiro atoms. The third-order valence-electron chi connectivity index (χ3n) is 3.35. The number of halogens is 1. The predicted octanol–water partition coefficient (Wildman–Crippen LogP) is 4.50. The molecule has 3 rings (SSSR count). The summed E-state index contributed by atoms with van der Waals surface area (Å²) in [5.41, 5.74) is 0.745. The van der Waals surface area contributed by atoms with E-state index in [1.165, 1.54) is 0 Å². The van der Waals surface area contributed by atoms with Gasteiger partial charge < -0.3 is 4.74 Å². The van der Waals surface area contributed by atoms with Gasteiger partial charge >= 0.3 is 0 Å². The van der Waals surface area contributed by atoms with Crippen molar-refractivity contribution >= 4 is 27.8 Å². The van der Waals surface area contributed by atoms with Crippen molar-refractivity contribution in [1.29, 1.82) is 0 Å². The monoisotopic (exact) mass is 328 g/mol. The van der Waals surface area contributed by atoms with E-state index in [0.29, 0.717) is 11.3 Å². The number of ether oxygens (including phenoxy) is 1. The third kappa shape index (κ3) is 2.29. The van der Waals surface area contributed by atoms with Gasteiger partial charge in [0.05, 0.1) is 5.56 Å². The van der Waals surface area contributed by atoms with Crippen molar-refractivity contribution in [2.24, 2.45) is 0 Å². The van der Waals surface area contributed by atoms with Crippen molar-refractivity contribution in [1.82, 2.24) is 0 Å². The molecular formula is C17H13BrO2. The first kappa shape index (κ1) is 13.1. The summed E-state index contributed by atoms with van der Waals surface area (Å²) in [7, 11) is 0. The van der Waals surface area contributed by atoms with Gasteiger partial charge in [-0.15, -0.1) is 0 Å². The molecular weight excluding hydrogens is 316 g/mol. The minimum absolute atomic E-state index is 0.00724. The van der Waals surface area contributed by atoms with E-state index >= 15 is 0 Å². The number of carbonyl (C=O) groups is 1. The Hall–Kier alpha value is -1.87. The molecule has 0 unspecified atom stereocenters. The zero-order valence-corrected chi connectivity index (χ0v) is 12.6. The third-order valence-corrected chi connectivity index (χ3v) is 3.85. The molecule has 100 valence electrons. The number of rotatable bonds is 2. The SMILES string of the molecule is C[C@@]1(/C=C/c2ccccc2)Oc2cc(Br)ccc2C1=O. The lowest BCUT2D eigenvalue weighted by Crippen LogP contribution is -2.33. The Morgan fingerprint density at radius 3 is 2.65 bits per heavy atom. The van der Waals surface area contributed by atoms with Crippen LogP contribution in [-0.4, -0.2) is 11.4 Å². The van der Waals surface area contributed by atoms with E-state index in [1.54, 1.807) is 13.0 Å². The quantitative estimate of drug-likeness (QED) is 0.811.